The minimum Gasteiger partial charge on any atom is -0.478 e. The molecule has 1 aromatic heterocycles. The fourth-order valence-corrected chi connectivity index (χ4v) is 6.22. The lowest BCUT2D eigenvalue weighted by atomic mass is 10.0. The second-order valence-corrected chi connectivity index (χ2v) is 10.9. The lowest BCUT2D eigenvalue weighted by molar-refractivity contribution is -0.146. The van der Waals surface area contributed by atoms with E-state index in [0.29, 0.717) is 10.6 Å². The van der Waals surface area contributed by atoms with Gasteiger partial charge in [-0.2, -0.15) is 0 Å². The van der Waals surface area contributed by atoms with Gasteiger partial charge in [-0.3, -0.25) is 0 Å². The Labute approximate surface area is 218 Å². The van der Waals surface area contributed by atoms with Crippen LogP contribution >= 0.6 is 11.6 Å². The molecule has 0 amide bonds. The molecule has 0 saturated carbocycles. The van der Waals surface area contributed by atoms with Crippen molar-refractivity contribution in [2.75, 3.05) is 19.0 Å². The van der Waals surface area contributed by atoms with Gasteiger partial charge in [-0.25, -0.2) is 18.2 Å². The number of nitrogens with zero attached hydrogens (tertiary/aromatic N) is 1. The Kier molecular flexibility index (Phi) is 6.83. The first-order chi connectivity index (χ1) is 17.8. The van der Waals surface area contributed by atoms with Crippen LogP contribution in [-0.2, 0) is 25.1 Å². The molecule has 0 unspecified atom stereocenters. The molecule has 3 aromatic carbocycles. The molecule has 0 radical (unpaired) electrons. The van der Waals surface area contributed by atoms with Crippen LogP contribution in [0.15, 0.2) is 83.8 Å². The average molecular weight is 536 g/mol. The summed E-state index contributed by atoms with van der Waals surface area (Å²) >= 11 is 6.09. The third-order valence-electron chi connectivity index (χ3n) is 6.04. The molecule has 0 spiro atoms. The predicted octanol–water partition coefficient (Wildman–Crippen LogP) is 5.43. The van der Waals surface area contributed by atoms with E-state index in [2.05, 4.69) is 4.98 Å². The Balaban J connectivity index is 1.46. The van der Waals surface area contributed by atoms with Crippen LogP contribution in [0.4, 0.5) is 0 Å². The lowest BCUT2D eigenvalue weighted by Crippen LogP contribution is -2.36. The molecule has 1 N–H and O–H groups in total. The maximum atomic E-state index is 13.4. The number of aromatic nitrogens is 1. The first-order valence-corrected chi connectivity index (χ1v) is 13.5. The van der Waals surface area contributed by atoms with Gasteiger partial charge in [0.1, 0.15) is 5.75 Å². The summed E-state index contributed by atoms with van der Waals surface area (Å²) in [6.07, 6.45) is 3.71. The summed E-state index contributed by atoms with van der Waals surface area (Å²) in [6.45, 7) is 0.416. The number of carboxylic acid groups (broad SMARTS) is 1. The van der Waals surface area contributed by atoms with Gasteiger partial charge >= 0.3 is 5.97 Å². The fourth-order valence-electron chi connectivity index (χ4n) is 4.29. The van der Waals surface area contributed by atoms with Gasteiger partial charge in [-0.05, 0) is 48.0 Å². The molecule has 2 heterocycles. The van der Waals surface area contributed by atoms with Crippen LogP contribution in [0.25, 0.3) is 23.1 Å². The van der Waals surface area contributed by atoms with E-state index in [1.54, 1.807) is 24.3 Å². The second-order valence-electron chi connectivity index (χ2n) is 8.54. The molecule has 0 bridgehead atoms. The number of carbonyl (C=O) groups is 1. The highest BCUT2D eigenvalue weighted by atomic mass is 35.5. The van der Waals surface area contributed by atoms with Crippen molar-refractivity contribution in [2.45, 2.75) is 10.7 Å². The molecule has 9 heteroatoms. The number of rotatable bonds is 7. The topological polar surface area (TPSA) is 103 Å². The van der Waals surface area contributed by atoms with Crippen LogP contribution in [0.1, 0.15) is 27.2 Å². The first-order valence-electron chi connectivity index (χ1n) is 11.4. The third-order valence-corrected chi connectivity index (χ3v) is 8.06. The van der Waals surface area contributed by atoms with E-state index in [1.165, 1.54) is 24.3 Å². The molecule has 1 aliphatic rings. The van der Waals surface area contributed by atoms with Gasteiger partial charge < -0.3 is 14.6 Å². The number of carboxylic acids is 1. The molecule has 5 rings (SSSR count). The number of aromatic carboxylic acids is 1. The largest absolute Gasteiger partial charge is 0.478 e. The van der Waals surface area contributed by atoms with Crippen LogP contribution in [0.2, 0.25) is 5.02 Å². The van der Waals surface area contributed by atoms with Crippen molar-refractivity contribution in [3.05, 3.63) is 106 Å². The van der Waals surface area contributed by atoms with Gasteiger partial charge in [0.2, 0.25) is 5.79 Å². The highest BCUT2D eigenvalue weighted by Crippen LogP contribution is 2.36. The van der Waals surface area contributed by atoms with Crippen molar-refractivity contribution >= 4 is 50.5 Å². The average Bonchev–Trinajstić information content (AvgIpc) is 3.36. The number of halogens is 1. The van der Waals surface area contributed by atoms with Gasteiger partial charge in [-0.15, -0.1) is 0 Å². The predicted molar refractivity (Wildman–Crippen MR) is 141 cm³/mol. The van der Waals surface area contributed by atoms with Gasteiger partial charge in [0.25, 0.3) is 0 Å². The Bertz CT molecular complexity index is 1630. The standard InChI is InChI=1S/C28H22ClNO6S/c29-22-11-9-20-10-13-23(30-25(20)17-22)12-8-19-4-3-5-21(16-19)28(35-14-15-36-28)18-37(33,34)26-7-2-1-6-24(26)27(31)32/h1-13,16-17H,14-15,18H2,(H,31,32)/b12-8+. The quantitative estimate of drug-likeness (QED) is 0.336. The fraction of sp³-hybridized carbons (Fsp3) is 0.143. The molecule has 7 nitrogen and oxygen atoms in total. The van der Waals surface area contributed by atoms with Crippen molar-refractivity contribution in [3.63, 3.8) is 0 Å². The zero-order chi connectivity index (χ0) is 26.0. The number of hydrogen-bond donors (Lipinski definition) is 1. The summed E-state index contributed by atoms with van der Waals surface area (Å²) in [7, 11) is -4.09. The third kappa shape index (κ3) is 5.28. The molecular weight excluding hydrogens is 514 g/mol. The SMILES string of the molecule is O=C(O)c1ccccc1S(=O)(=O)CC1(c2cccc(/C=C/c3ccc4ccc(Cl)cc4n3)c2)OCCO1. The van der Waals surface area contributed by atoms with E-state index in [1.807, 2.05) is 42.5 Å². The second kappa shape index (κ2) is 10.1. The molecule has 37 heavy (non-hydrogen) atoms. The number of fused-ring (bicyclic) bond motifs is 1. The van der Waals surface area contributed by atoms with Crippen molar-refractivity contribution in [2.24, 2.45) is 0 Å². The zero-order valence-electron chi connectivity index (χ0n) is 19.5. The zero-order valence-corrected chi connectivity index (χ0v) is 21.1. The number of hydrogen-bond acceptors (Lipinski definition) is 6. The molecule has 4 aromatic rings. The lowest BCUT2D eigenvalue weighted by Gasteiger charge is -2.28. The van der Waals surface area contributed by atoms with E-state index in [-0.39, 0.29) is 23.7 Å². The van der Waals surface area contributed by atoms with Crippen molar-refractivity contribution in [1.29, 1.82) is 0 Å². The monoisotopic (exact) mass is 535 g/mol. The van der Waals surface area contributed by atoms with Gasteiger partial charge in [0.15, 0.2) is 9.84 Å². The number of benzene rings is 3. The summed E-state index contributed by atoms with van der Waals surface area (Å²) in [5, 5.41) is 11.1. The highest BCUT2D eigenvalue weighted by molar-refractivity contribution is 7.91. The van der Waals surface area contributed by atoms with Crippen molar-refractivity contribution in [3.8, 4) is 0 Å². The molecule has 0 atom stereocenters. The van der Waals surface area contributed by atoms with Gasteiger partial charge in [-0.1, -0.05) is 60.1 Å². The number of sulfone groups is 1. The van der Waals surface area contributed by atoms with E-state index >= 15 is 0 Å². The first kappa shape index (κ1) is 25.1. The van der Waals surface area contributed by atoms with E-state index in [4.69, 9.17) is 21.1 Å². The molecule has 1 aliphatic heterocycles. The summed E-state index contributed by atoms with van der Waals surface area (Å²) in [4.78, 5) is 16.0. The van der Waals surface area contributed by atoms with Gasteiger partial charge in [0, 0.05) is 16.0 Å². The summed E-state index contributed by atoms with van der Waals surface area (Å²) in [5.41, 5.74) is 2.52. The summed E-state index contributed by atoms with van der Waals surface area (Å²) in [5.74, 6) is -3.45. The maximum Gasteiger partial charge on any atom is 0.337 e. The van der Waals surface area contributed by atoms with Crippen LogP contribution in [0.3, 0.4) is 0 Å². The summed E-state index contributed by atoms with van der Waals surface area (Å²) in [6, 6.07) is 22.1. The Morgan fingerprint density at radius 2 is 1.73 bits per heavy atom. The summed E-state index contributed by atoms with van der Waals surface area (Å²) < 4.78 is 38.5. The highest BCUT2D eigenvalue weighted by Gasteiger charge is 2.44. The van der Waals surface area contributed by atoms with Crippen LogP contribution in [-0.4, -0.2) is 43.4 Å². The minimum atomic E-state index is -4.09. The molecule has 1 fully saturated rings. The molecule has 0 aliphatic carbocycles. The van der Waals surface area contributed by atoms with E-state index in [0.717, 1.165) is 22.2 Å². The van der Waals surface area contributed by atoms with Crippen LogP contribution < -0.4 is 0 Å². The smallest absolute Gasteiger partial charge is 0.337 e. The number of pyridine rings is 1. The molecule has 1 saturated heterocycles. The van der Waals surface area contributed by atoms with Crippen LogP contribution in [0.5, 0.6) is 0 Å². The van der Waals surface area contributed by atoms with Crippen molar-refractivity contribution < 1.29 is 27.8 Å². The van der Waals surface area contributed by atoms with E-state index in [9.17, 15) is 18.3 Å². The van der Waals surface area contributed by atoms with Crippen molar-refractivity contribution in [1.82, 2.24) is 4.98 Å². The van der Waals surface area contributed by atoms with E-state index < -0.39 is 27.3 Å². The Morgan fingerprint density at radius 3 is 2.51 bits per heavy atom. The minimum absolute atomic E-state index is 0.208. The van der Waals surface area contributed by atoms with Gasteiger partial charge in [0.05, 0.1) is 34.9 Å². The Hall–Kier alpha value is -3.56. The molecular formula is C28H22ClNO6S. The van der Waals surface area contributed by atoms with Crippen LogP contribution in [0, 0.1) is 0 Å². The Morgan fingerprint density at radius 1 is 0.973 bits per heavy atom. The number of ether oxygens (including phenoxy) is 2. The maximum absolute atomic E-state index is 13.4. The normalized spacial score (nSPS) is 15.4. The molecule has 188 valence electrons.